The summed E-state index contributed by atoms with van der Waals surface area (Å²) in [4.78, 5) is 8.90. The van der Waals surface area contributed by atoms with Crippen molar-refractivity contribution in [3.63, 3.8) is 0 Å². The van der Waals surface area contributed by atoms with Crippen LogP contribution in [0.5, 0.6) is 0 Å². The predicted octanol–water partition coefficient (Wildman–Crippen LogP) is 2.30. The Morgan fingerprint density at radius 3 is 2.69 bits per heavy atom. The molecule has 1 aromatic rings. The molecule has 0 saturated carbocycles. The molecule has 1 rings (SSSR count). The second-order valence-corrected chi connectivity index (χ2v) is 4.51. The summed E-state index contributed by atoms with van der Waals surface area (Å²) in [5.41, 5.74) is 3.68. The molecule has 0 atom stereocenters. The maximum Gasteiger partial charge on any atom is 0.143 e. The molecule has 0 amide bonds. The Hall–Kier alpha value is -1.16. The van der Waals surface area contributed by atoms with Gasteiger partial charge in [-0.15, -0.1) is 0 Å². The van der Waals surface area contributed by atoms with Crippen molar-refractivity contribution in [1.29, 1.82) is 0 Å². The summed E-state index contributed by atoms with van der Waals surface area (Å²) in [6.07, 6.45) is 4.17. The third-order valence-electron chi connectivity index (χ3n) is 2.34. The van der Waals surface area contributed by atoms with Crippen LogP contribution in [0.25, 0.3) is 0 Å². The van der Waals surface area contributed by atoms with Crippen LogP contribution in [0, 0.1) is 5.92 Å². The van der Waals surface area contributed by atoms with Crippen molar-refractivity contribution in [2.75, 3.05) is 5.43 Å². The fraction of sp³-hybridized carbons (Fsp3) is 0.667. The summed E-state index contributed by atoms with van der Waals surface area (Å²) in [5.74, 6) is 7.62. The van der Waals surface area contributed by atoms with Gasteiger partial charge in [0.25, 0.3) is 0 Å². The molecule has 0 aliphatic rings. The molecule has 4 nitrogen and oxygen atoms in total. The van der Waals surface area contributed by atoms with Gasteiger partial charge in [-0.25, -0.2) is 15.8 Å². The highest BCUT2D eigenvalue weighted by atomic mass is 15.3. The van der Waals surface area contributed by atoms with Crippen LogP contribution in [0.1, 0.15) is 45.1 Å². The zero-order valence-electron chi connectivity index (χ0n) is 10.5. The number of rotatable bonds is 6. The molecule has 0 radical (unpaired) electrons. The van der Waals surface area contributed by atoms with Crippen molar-refractivity contribution in [2.45, 2.75) is 46.5 Å². The first-order valence-corrected chi connectivity index (χ1v) is 5.99. The summed E-state index contributed by atoms with van der Waals surface area (Å²) in [6, 6.07) is 1.93. The van der Waals surface area contributed by atoms with Crippen molar-refractivity contribution in [3.8, 4) is 0 Å². The number of hydrazine groups is 1. The Kier molecular flexibility index (Phi) is 5.19. The Morgan fingerprint density at radius 1 is 1.38 bits per heavy atom. The topological polar surface area (TPSA) is 63.8 Å². The molecule has 4 heteroatoms. The molecule has 0 unspecified atom stereocenters. The maximum absolute atomic E-state index is 5.41. The lowest BCUT2D eigenvalue weighted by Crippen LogP contribution is -2.12. The summed E-state index contributed by atoms with van der Waals surface area (Å²) < 4.78 is 0. The van der Waals surface area contributed by atoms with Crippen LogP contribution in [0.4, 0.5) is 5.82 Å². The zero-order valence-corrected chi connectivity index (χ0v) is 10.5. The van der Waals surface area contributed by atoms with Gasteiger partial charge in [-0.3, -0.25) is 0 Å². The molecule has 0 aliphatic heterocycles. The largest absolute Gasteiger partial charge is 0.308 e. The SMILES string of the molecule is CCCCc1nc(CC(C)C)cc(NN)n1. The summed E-state index contributed by atoms with van der Waals surface area (Å²) in [6.45, 7) is 6.53. The highest BCUT2D eigenvalue weighted by molar-refractivity contribution is 5.34. The van der Waals surface area contributed by atoms with Gasteiger partial charge in [-0.1, -0.05) is 27.2 Å². The fourth-order valence-corrected chi connectivity index (χ4v) is 1.60. The highest BCUT2D eigenvalue weighted by Gasteiger charge is 2.05. The molecule has 1 heterocycles. The smallest absolute Gasteiger partial charge is 0.143 e. The van der Waals surface area contributed by atoms with Gasteiger partial charge < -0.3 is 5.43 Å². The Balaban J connectivity index is 2.82. The van der Waals surface area contributed by atoms with Crippen molar-refractivity contribution >= 4 is 5.82 Å². The van der Waals surface area contributed by atoms with E-state index in [1.807, 2.05) is 6.07 Å². The van der Waals surface area contributed by atoms with E-state index >= 15 is 0 Å². The highest BCUT2D eigenvalue weighted by Crippen LogP contribution is 2.11. The minimum atomic E-state index is 0.597. The monoisotopic (exact) mass is 222 g/mol. The van der Waals surface area contributed by atoms with Crippen molar-refractivity contribution in [1.82, 2.24) is 9.97 Å². The molecule has 0 spiro atoms. The number of unbranched alkanes of at least 4 members (excludes halogenated alkanes) is 1. The third kappa shape index (κ3) is 4.14. The van der Waals surface area contributed by atoms with Gasteiger partial charge in [-0.05, 0) is 18.8 Å². The average Bonchev–Trinajstić information content (AvgIpc) is 2.25. The van der Waals surface area contributed by atoms with Gasteiger partial charge in [0, 0.05) is 18.2 Å². The van der Waals surface area contributed by atoms with E-state index in [9.17, 15) is 0 Å². The van der Waals surface area contributed by atoms with Crippen LogP contribution in [-0.4, -0.2) is 9.97 Å². The second kappa shape index (κ2) is 6.43. The lowest BCUT2D eigenvalue weighted by Gasteiger charge is -2.09. The van der Waals surface area contributed by atoms with Gasteiger partial charge in [0.2, 0.25) is 0 Å². The van der Waals surface area contributed by atoms with Crippen LogP contribution in [0.3, 0.4) is 0 Å². The van der Waals surface area contributed by atoms with E-state index in [4.69, 9.17) is 5.84 Å². The first-order chi connectivity index (χ1) is 7.65. The summed E-state index contributed by atoms with van der Waals surface area (Å²) >= 11 is 0. The second-order valence-electron chi connectivity index (χ2n) is 4.51. The molecule has 0 aromatic carbocycles. The summed E-state index contributed by atoms with van der Waals surface area (Å²) in [5, 5.41) is 0. The van der Waals surface area contributed by atoms with Gasteiger partial charge in [0.05, 0.1) is 0 Å². The molecular weight excluding hydrogens is 200 g/mol. The first-order valence-electron chi connectivity index (χ1n) is 5.99. The Bertz CT molecular complexity index is 323. The normalized spacial score (nSPS) is 10.8. The number of nitrogens with zero attached hydrogens (tertiary/aromatic N) is 2. The molecule has 1 aromatic heterocycles. The quantitative estimate of drug-likeness (QED) is 0.572. The molecular formula is C12H22N4. The van der Waals surface area contributed by atoms with Crippen LogP contribution >= 0.6 is 0 Å². The Morgan fingerprint density at radius 2 is 2.12 bits per heavy atom. The first kappa shape index (κ1) is 12.9. The molecule has 0 aliphatic carbocycles. The average molecular weight is 222 g/mol. The number of hydrogen-bond donors (Lipinski definition) is 2. The molecule has 16 heavy (non-hydrogen) atoms. The number of hydrogen-bond acceptors (Lipinski definition) is 4. The van der Waals surface area contributed by atoms with E-state index in [0.29, 0.717) is 5.92 Å². The molecule has 0 fully saturated rings. The molecule has 0 bridgehead atoms. The van der Waals surface area contributed by atoms with E-state index in [1.165, 1.54) is 0 Å². The number of nitrogens with one attached hydrogen (secondary N) is 1. The minimum Gasteiger partial charge on any atom is -0.308 e. The van der Waals surface area contributed by atoms with Crippen molar-refractivity contribution in [2.24, 2.45) is 11.8 Å². The number of anilines is 1. The summed E-state index contributed by atoms with van der Waals surface area (Å²) in [7, 11) is 0. The van der Waals surface area contributed by atoms with Gasteiger partial charge >= 0.3 is 0 Å². The molecule has 90 valence electrons. The maximum atomic E-state index is 5.41. The lowest BCUT2D eigenvalue weighted by atomic mass is 10.1. The van der Waals surface area contributed by atoms with E-state index in [-0.39, 0.29) is 0 Å². The van der Waals surface area contributed by atoms with Gasteiger partial charge in [0.1, 0.15) is 11.6 Å². The van der Waals surface area contributed by atoms with Crippen LogP contribution in [0.15, 0.2) is 6.07 Å². The van der Waals surface area contributed by atoms with Gasteiger partial charge in [-0.2, -0.15) is 0 Å². The zero-order chi connectivity index (χ0) is 12.0. The number of aryl methyl sites for hydroxylation is 1. The van der Waals surface area contributed by atoms with E-state index in [2.05, 4.69) is 36.2 Å². The third-order valence-corrected chi connectivity index (χ3v) is 2.34. The van der Waals surface area contributed by atoms with E-state index < -0.39 is 0 Å². The standard InChI is InChI=1S/C12H22N4/c1-4-5-6-11-14-10(7-9(2)3)8-12(15-11)16-13/h8-9H,4-7,13H2,1-3H3,(H,14,15,16). The molecule has 3 N–H and O–H groups in total. The number of aromatic nitrogens is 2. The van der Waals surface area contributed by atoms with Crippen LogP contribution in [-0.2, 0) is 12.8 Å². The fourth-order valence-electron chi connectivity index (χ4n) is 1.60. The molecule has 0 saturated heterocycles. The van der Waals surface area contributed by atoms with E-state index in [1.54, 1.807) is 0 Å². The predicted molar refractivity (Wildman–Crippen MR) is 67.0 cm³/mol. The Labute approximate surface area is 97.7 Å². The van der Waals surface area contributed by atoms with Crippen LogP contribution < -0.4 is 11.3 Å². The van der Waals surface area contributed by atoms with E-state index in [0.717, 1.165) is 43.0 Å². The van der Waals surface area contributed by atoms with Crippen LogP contribution in [0.2, 0.25) is 0 Å². The van der Waals surface area contributed by atoms with Gasteiger partial charge in [0.15, 0.2) is 0 Å². The number of nitrogens with two attached hydrogens (primary N) is 1. The van der Waals surface area contributed by atoms with Crippen molar-refractivity contribution in [3.05, 3.63) is 17.6 Å². The lowest BCUT2D eigenvalue weighted by molar-refractivity contribution is 0.627. The number of nitrogen functional groups attached to an aromatic ring is 1. The van der Waals surface area contributed by atoms with Crippen molar-refractivity contribution < 1.29 is 0 Å². The minimum absolute atomic E-state index is 0.597.